The molecular weight excluding hydrogens is 230 g/mol. The van der Waals surface area contributed by atoms with Crippen LogP contribution in [-0.2, 0) is 6.54 Å². The fourth-order valence-electron chi connectivity index (χ4n) is 2.40. The first-order chi connectivity index (χ1) is 9.34. The molecule has 0 aliphatic rings. The summed E-state index contributed by atoms with van der Waals surface area (Å²) >= 11 is 0. The van der Waals surface area contributed by atoms with Gasteiger partial charge in [-0.15, -0.1) is 0 Å². The first kappa shape index (κ1) is 11.8. The molecule has 3 aromatic carbocycles. The zero-order valence-corrected chi connectivity index (χ0v) is 11.1. The van der Waals surface area contributed by atoms with Crippen LogP contribution < -0.4 is 5.32 Å². The van der Waals surface area contributed by atoms with Crippen molar-refractivity contribution < 1.29 is 0 Å². The number of nitrogens with one attached hydrogen (secondary N) is 1. The molecule has 19 heavy (non-hydrogen) atoms. The summed E-state index contributed by atoms with van der Waals surface area (Å²) in [6.45, 7) is 3.01. The van der Waals surface area contributed by atoms with Crippen molar-refractivity contribution in [2.75, 3.05) is 5.32 Å². The van der Waals surface area contributed by atoms with Gasteiger partial charge in [-0.2, -0.15) is 0 Å². The van der Waals surface area contributed by atoms with Crippen molar-refractivity contribution in [2.24, 2.45) is 0 Å². The van der Waals surface area contributed by atoms with Crippen LogP contribution >= 0.6 is 0 Å². The Balaban J connectivity index is 1.91. The first-order valence-corrected chi connectivity index (χ1v) is 6.61. The van der Waals surface area contributed by atoms with Gasteiger partial charge >= 0.3 is 0 Å². The highest BCUT2D eigenvalue weighted by molar-refractivity contribution is 5.95. The van der Waals surface area contributed by atoms with E-state index in [4.69, 9.17) is 0 Å². The van der Waals surface area contributed by atoms with Crippen LogP contribution in [0.3, 0.4) is 0 Å². The Morgan fingerprint density at radius 1 is 0.737 bits per heavy atom. The van der Waals surface area contributed by atoms with Crippen molar-refractivity contribution in [3.8, 4) is 0 Å². The molecule has 0 radical (unpaired) electrons. The summed E-state index contributed by atoms with van der Waals surface area (Å²) in [5.74, 6) is 0. The van der Waals surface area contributed by atoms with Gasteiger partial charge in [0.05, 0.1) is 0 Å². The minimum absolute atomic E-state index is 0.855. The number of hydrogen-bond acceptors (Lipinski definition) is 1. The molecule has 0 bridgehead atoms. The van der Waals surface area contributed by atoms with E-state index in [0.29, 0.717) is 0 Å². The van der Waals surface area contributed by atoms with Crippen molar-refractivity contribution in [1.82, 2.24) is 0 Å². The highest BCUT2D eigenvalue weighted by Gasteiger charge is 2.02. The lowest BCUT2D eigenvalue weighted by atomic mass is 10.0. The van der Waals surface area contributed by atoms with Gasteiger partial charge in [0.25, 0.3) is 0 Å². The van der Waals surface area contributed by atoms with E-state index in [1.165, 1.54) is 27.6 Å². The summed E-state index contributed by atoms with van der Waals surface area (Å²) in [6, 6.07) is 23.4. The maximum Gasteiger partial charge on any atom is 0.0422 e. The third-order valence-corrected chi connectivity index (χ3v) is 3.47. The zero-order chi connectivity index (χ0) is 13.1. The topological polar surface area (TPSA) is 12.0 Å². The van der Waals surface area contributed by atoms with Crippen LogP contribution in [0, 0.1) is 6.92 Å². The van der Waals surface area contributed by atoms with Crippen LogP contribution in [0.1, 0.15) is 11.1 Å². The van der Waals surface area contributed by atoms with Gasteiger partial charge in [-0.25, -0.2) is 0 Å². The Kier molecular flexibility index (Phi) is 3.20. The second-order valence-electron chi connectivity index (χ2n) is 4.81. The molecule has 0 aliphatic carbocycles. The summed E-state index contributed by atoms with van der Waals surface area (Å²) in [4.78, 5) is 0. The highest BCUT2D eigenvalue weighted by Crippen LogP contribution is 2.26. The molecule has 1 nitrogen and oxygen atoms in total. The molecule has 0 fully saturated rings. The van der Waals surface area contributed by atoms with Crippen molar-refractivity contribution in [3.05, 3.63) is 77.9 Å². The van der Waals surface area contributed by atoms with Gasteiger partial charge in [0.15, 0.2) is 0 Å². The van der Waals surface area contributed by atoms with E-state index >= 15 is 0 Å². The summed E-state index contributed by atoms with van der Waals surface area (Å²) in [7, 11) is 0. The maximum atomic E-state index is 3.53. The van der Waals surface area contributed by atoms with E-state index in [1.807, 2.05) is 6.07 Å². The van der Waals surface area contributed by atoms with Crippen LogP contribution in [0.25, 0.3) is 10.8 Å². The molecule has 0 amide bonds. The minimum Gasteiger partial charge on any atom is -0.380 e. The molecule has 94 valence electrons. The van der Waals surface area contributed by atoms with Crippen LogP contribution in [0.2, 0.25) is 0 Å². The lowest BCUT2D eigenvalue weighted by Gasteiger charge is -2.11. The molecular formula is C18H17N. The SMILES string of the molecule is Cc1ccc(NCc2ccccc2)c2ccccc12. The summed E-state index contributed by atoms with van der Waals surface area (Å²) in [5.41, 5.74) is 3.82. The second kappa shape index (κ2) is 5.15. The lowest BCUT2D eigenvalue weighted by Crippen LogP contribution is -1.99. The number of benzene rings is 3. The fraction of sp³-hybridized carbons (Fsp3) is 0.111. The van der Waals surface area contributed by atoms with Gasteiger partial charge in [0.2, 0.25) is 0 Å². The lowest BCUT2D eigenvalue weighted by molar-refractivity contribution is 1.15. The van der Waals surface area contributed by atoms with Gasteiger partial charge in [0, 0.05) is 17.6 Å². The Hall–Kier alpha value is -2.28. The van der Waals surface area contributed by atoms with Crippen molar-refractivity contribution in [1.29, 1.82) is 0 Å². The van der Waals surface area contributed by atoms with Crippen molar-refractivity contribution in [3.63, 3.8) is 0 Å². The Morgan fingerprint density at radius 3 is 2.21 bits per heavy atom. The number of anilines is 1. The smallest absolute Gasteiger partial charge is 0.0422 e. The van der Waals surface area contributed by atoms with E-state index in [1.54, 1.807) is 0 Å². The summed E-state index contributed by atoms with van der Waals surface area (Å²) in [6.07, 6.45) is 0. The third-order valence-electron chi connectivity index (χ3n) is 3.47. The van der Waals surface area contributed by atoms with Crippen LogP contribution in [0.15, 0.2) is 66.7 Å². The van der Waals surface area contributed by atoms with E-state index < -0.39 is 0 Å². The van der Waals surface area contributed by atoms with Gasteiger partial charge in [-0.1, -0.05) is 60.7 Å². The van der Waals surface area contributed by atoms with Crippen LogP contribution in [-0.4, -0.2) is 0 Å². The van der Waals surface area contributed by atoms with Crippen LogP contribution in [0.4, 0.5) is 5.69 Å². The van der Waals surface area contributed by atoms with E-state index in [2.05, 4.69) is 72.9 Å². The van der Waals surface area contributed by atoms with Gasteiger partial charge in [-0.3, -0.25) is 0 Å². The zero-order valence-electron chi connectivity index (χ0n) is 11.1. The van der Waals surface area contributed by atoms with Crippen LogP contribution in [0.5, 0.6) is 0 Å². The van der Waals surface area contributed by atoms with Gasteiger partial charge in [-0.05, 0) is 29.5 Å². The molecule has 3 aromatic rings. The number of rotatable bonds is 3. The third kappa shape index (κ3) is 2.45. The monoisotopic (exact) mass is 247 g/mol. The highest BCUT2D eigenvalue weighted by atomic mass is 14.9. The Bertz CT molecular complexity index is 686. The minimum atomic E-state index is 0.855. The number of aryl methyl sites for hydroxylation is 1. The molecule has 0 unspecified atom stereocenters. The molecule has 1 N–H and O–H groups in total. The normalized spacial score (nSPS) is 10.6. The molecule has 0 saturated heterocycles. The van der Waals surface area contributed by atoms with E-state index in [-0.39, 0.29) is 0 Å². The van der Waals surface area contributed by atoms with Gasteiger partial charge < -0.3 is 5.32 Å². The van der Waals surface area contributed by atoms with Crippen molar-refractivity contribution in [2.45, 2.75) is 13.5 Å². The average molecular weight is 247 g/mol. The molecule has 0 atom stereocenters. The predicted molar refractivity (Wildman–Crippen MR) is 82.5 cm³/mol. The second-order valence-corrected chi connectivity index (χ2v) is 4.81. The first-order valence-electron chi connectivity index (χ1n) is 6.61. The molecule has 0 heterocycles. The summed E-state index contributed by atoms with van der Waals surface area (Å²) in [5, 5.41) is 6.14. The molecule has 0 spiro atoms. The molecule has 0 aromatic heterocycles. The maximum absolute atomic E-state index is 3.53. The molecule has 3 rings (SSSR count). The molecule has 0 saturated carbocycles. The Morgan fingerprint density at radius 2 is 1.42 bits per heavy atom. The number of hydrogen-bond donors (Lipinski definition) is 1. The fourth-order valence-corrected chi connectivity index (χ4v) is 2.40. The largest absolute Gasteiger partial charge is 0.380 e. The molecule has 1 heteroatoms. The Labute approximate surface area is 113 Å². The van der Waals surface area contributed by atoms with E-state index in [0.717, 1.165) is 6.54 Å². The van der Waals surface area contributed by atoms with Gasteiger partial charge in [0.1, 0.15) is 0 Å². The summed E-state index contributed by atoms with van der Waals surface area (Å²) < 4.78 is 0. The quantitative estimate of drug-likeness (QED) is 0.703. The van der Waals surface area contributed by atoms with Crippen molar-refractivity contribution >= 4 is 16.5 Å². The predicted octanol–water partition coefficient (Wildman–Crippen LogP) is 4.76. The average Bonchev–Trinajstić information content (AvgIpc) is 2.48. The van der Waals surface area contributed by atoms with E-state index in [9.17, 15) is 0 Å². The molecule has 0 aliphatic heterocycles. The standard InChI is InChI=1S/C18H17N/c1-14-11-12-18(17-10-6-5-9-16(14)17)19-13-15-7-3-2-4-8-15/h2-12,19H,13H2,1H3. The number of fused-ring (bicyclic) bond motifs is 1.